The van der Waals surface area contributed by atoms with Crippen LogP contribution < -0.4 is 5.32 Å². The number of aromatic nitrogens is 1. The van der Waals surface area contributed by atoms with Crippen molar-refractivity contribution >= 4 is 77.8 Å². The van der Waals surface area contributed by atoms with E-state index in [-0.39, 0.29) is 29.1 Å². The van der Waals surface area contributed by atoms with Gasteiger partial charge in [0.2, 0.25) is 5.91 Å². The number of hydrogen-bond acceptors (Lipinski definition) is 7. The van der Waals surface area contributed by atoms with E-state index < -0.39 is 18.0 Å². The molecule has 32 heavy (non-hydrogen) atoms. The summed E-state index contributed by atoms with van der Waals surface area (Å²) < 4.78 is 0.329. The molecule has 0 aromatic carbocycles. The molecule has 3 atom stereocenters. The number of β-lactam (4-membered cyclic amide) rings is 1. The van der Waals surface area contributed by atoms with Crippen LogP contribution in [-0.2, 0) is 20.5 Å². The van der Waals surface area contributed by atoms with E-state index in [0.717, 1.165) is 13.2 Å². The third-order valence-electron chi connectivity index (χ3n) is 5.11. The Morgan fingerprint density at radius 2 is 2.09 bits per heavy atom. The average Bonchev–Trinajstić information content (AvgIpc) is 3.09. The minimum atomic E-state index is -0.803. The highest BCUT2D eigenvalue weighted by molar-refractivity contribution is 7.80. The highest BCUT2D eigenvalue weighted by atomic mass is 35.5. The number of hydrogen-bond donors (Lipinski definition) is 1. The van der Waals surface area contributed by atoms with Gasteiger partial charge in [-0.25, -0.2) is 9.98 Å². The predicted molar refractivity (Wildman–Crippen MR) is 134 cm³/mol. The van der Waals surface area contributed by atoms with E-state index >= 15 is 0 Å². The fourth-order valence-corrected chi connectivity index (χ4v) is 5.82. The second-order valence-electron chi connectivity index (χ2n) is 7.62. The maximum Gasteiger partial charge on any atom is 0.272 e. The average molecular weight is 509 g/mol. The highest BCUT2D eigenvalue weighted by Crippen LogP contribution is 2.34. The summed E-state index contributed by atoms with van der Waals surface area (Å²) in [7, 11) is 0.874. The number of carbonyl (C=O) groups is 3. The van der Waals surface area contributed by atoms with Gasteiger partial charge >= 0.3 is 0 Å². The molecule has 11 heteroatoms. The Labute approximate surface area is 202 Å². The lowest BCUT2D eigenvalue weighted by molar-refractivity contribution is -0.158. The van der Waals surface area contributed by atoms with Gasteiger partial charge in [-0.2, -0.15) is 0 Å². The maximum atomic E-state index is 13.1. The van der Waals surface area contributed by atoms with Crippen molar-refractivity contribution in [1.29, 1.82) is 0 Å². The fraction of sp³-hybridized carbons (Fsp3) is 0.381. The number of ketones is 1. The molecule has 2 aliphatic rings. The fourth-order valence-electron chi connectivity index (χ4n) is 3.70. The molecule has 1 aromatic rings. The van der Waals surface area contributed by atoms with Crippen molar-refractivity contribution in [3.8, 4) is 0 Å². The van der Waals surface area contributed by atoms with Gasteiger partial charge in [0, 0.05) is 16.7 Å². The molecule has 3 unspecified atom stereocenters. The van der Waals surface area contributed by atoms with Crippen LogP contribution >= 0.6 is 43.4 Å². The number of rotatable bonds is 8. The Bertz CT molecular complexity index is 1100. The molecule has 3 rings (SSSR count). The molecule has 7 nitrogen and oxygen atoms in total. The molecule has 2 amide bonds. The first-order chi connectivity index (χ1) is 15.1. The van der Waals surface area contributed by atoms with Gasteiger partial charge in [-0.1, -0.05) is 43.3 Å². The van der Waals surface area contributed by atoms with Gasteiger partial charge in [0.15, 0.2) is 11.5 Å². The van der Waals surface area contributed by atoms with E-state index in [1.807, 2.05) is 0 Å². The van der Waals surface area contributed by atoms with Gasteiger partial charge in [-0.3, -0.25) is 14.4 Å². The summed E-state index contributed by atoms with van der Waals surface area (Å²) in [4.78, 5) is 49.3. The first-order valence-electron chi connectivity index (χ1n) is 9.74. The zero-order valence-corrected chi connectivity index (χ0v) is 21.0. The summed E-state index contributed by atoms with van der Waals surface area (Å²) >= 11 is 12.9. The number of Topliss-reactive ketones (excluding diaryl/α,β-unsaturated/α-hetero) is 1. The largest absolute Gasteiger partial charge is 0.337 e. The lowest BCUT2D eigenvalue weighted by Gasteiger charge is -2.53. The van der Waals surface area contributed by atoms with Gasteiger partial charge < -0.3 is 10.2 Å². The summed E-state index contributed by atoms with van der Waals surface area (Å²) in [6.07, 6.45) is 5.45. The monoisotopic (exact) mass is 508 g/mol. The molecule has 1 aromatic heterocycles. The van der Waals surface area contributed by atoms with Crippen molar-refractivity contribution in [2.45, 2.75) is 51.0 Å². The lowest BCUT2D eigenvalue weighted by atomic mass is 9.80. The van der Waals surface area contributed by atoms with Gasteiger partial charge in [-0.15, -0.1) is 19.5 Å². The first-order valence-corrected chi connectivity index (χ1v) is 12.6. The Morgan fingerprint density at radius 3 is 2.69 bits per heavy atom. The molecule has 2 fully saturated rings. The number of carbonyl (C=O) groups excluding carboxylic acids is 3. The van der Waals surface area contributed by atoms with Crippen molar-refractivity contribution in [2.24, 2.45) is 4.99 Å². The summed E-state index contributed by atoms with van der Waals surface area (Å²) in [5.41, 5.74) is 0.982. The van der Waals surface area contributed by atoms with Crippen LogP contribution in [0.5, 0.6) is 0 Å². The number of amides is 2. The normalized spacial score (nSPS) is 22.9. The molecule has 0 aliphatic carbocycles. The molecule has 2 aliphatic heterocycles. The van der Waals surface area contributed by atoms with Gasteiger partial charge in [0.05, 0.1) is 6.04 Å². The Kier molecular flexibility index (Phi) is 7.55. The van der Waals surface area contributed by atoms with E-state index in [1.54, 1.807) is 13.8 Å². The van der Waals surface area contributed by atoms with E-state index in [0.29, 0.717) is 39.5 Å². The van der Waals surface area contributed by atoms with Crippen LogP contribution in [0.4, 0.5) is 0 Å². The second kappa shape index (κ2) is 9.83. The molecular weight excluding hydrogens is 487 g/mol. The molecule has 0 saturated carbocycles. The van der Waals surface area contributed by atoms with Crippen molar-refractivity contribution in [3.63, 3.8) is 0 Å². The quantitative estimate of drug-likeness (QED) is 0.191. The van der Waals surface area contributed by atoms with Crippen LogP contribution in [0.2, 0.25) is 4.34 Å². The number of thiocarbonyl (C=S) groups is 1. The van der Waals surface area contributed by atoms with Gasteiger partial charge in [0.1, 0.15) is 27.1 Å². The van der Waals surface area contributed by atoms with Crippen LogP contribution in [0, 0.1) is 0 Å². The molecule has 168 valence electrons. The summed E-state index contributed by atoms with van der Waals surface area (Å²) in [5.74, 6) is -1.21. The molecule has 0 radical (unpaired) electrons. The number of nitrogens with one attached hydrogen (secondary N) is 1. The second-order valence-corrected chi connectivity index (χ2v) is 10.6. The maximum absolute atomic E-state index is 13.1. The number of allylic oxidation sites excluding steroid dienone is 1. The molecule has 1 N–H and O–H groups in total. The minimum Gasteiger partial charge on any atom is -0.337 e. The third kappa shape index (κ3) is 4.66. The molecule has 0 spiro atoms. The number of aliphatic imine (C=N–C) groups is 1. The van der Waals surface area contributed by atoms with Crippen molar-refractivity contribution < 1.29 is 14.4 Å². The van der Waals surface area contributed by atoms with Gasteiger partial charge in [0.25, 0.3) is 5.91 Å². The summed E-state index contributed by atoms with van der Waals surface area (Å²) in [6, 6.07) is -1.91. The zero-order valence-electron chi connectivity index (χ0n) is 17.7. The number of halogens is 1. The zero-order chi connectivity index (χ0) is 23.7. The standard InChI is InChI=1S/C21H22ClN4O3PS2/c1-9(2)18(27)17-12(31)7-6-11-14(21(29)26(11)17)25-20(28)16(23-10(3)4)15-19(22)32-13(24-15)8-30-5/h11,14,17H,1,3,5-8H2,2,4H3,(H,25,28). The molecule has 0 bridgehead atoms. The van der Waals surface area contributed by atoms with E-state index in [9.17, 15) is 14.4 Å². The highest BCUT2D eigenvalue weighted by Gasteiger charge is 2.55. The number of nitrogens with zero attached hydrogens (tertiary/aromatic N) is 3. The van der Waals surface area contributed by atoms with E-state index in [4.69, 9.17) is 23.8 Å². The Balaban J connectivity index is 1.84. The van der Waals surface area contributed by atoms with Crippen LogP contribution in [0.25, 0.3) is 0 Å². The summed E-state index contributed by atoms with van der Waals surface area (Å²) in [5, 5.41) is 3.49. The van der Waals surface area contributed by atoms with Crippen LogP contribution in [-0.4, -0.2) is 62.5 Å². The minimum absolute atomic E-state index is 0.00197. The third-order valence-corrected chi connectivity index (χ3v) is 7.53. The molecule has 2 saturated heterocycles. The van der Waals surface area contributed by atoms with Crippen molar-refractivity contribution in [3.05, 3.63) is 39.5 Å². The van der Waals surface area contributed by atoms with Crippen LogP contribution in [0.3, 0.4) is 0 Å². The Morgan fingerprint density at radius 1 is 1.41 bits per heavy atom. The Hall–Kier alpha value is -2.06. The first kappa shape index (κ1) is 24.6. The number of piperidine rings is 1. The smallest absolute Gasteiger partial charge is 0.272 e. The van der Waals surface area contributed by atoms with Crippen molar-refractivity contribution in [2.75, 3.05) is 0 Å². The van der Waals surface area contributed by atoms with E-state index in [2.05, 4.69) is 34.8 Å². The van der Waals surface area contributed by atoms with Crippen LogP contribution in [0.1, 0.15) is 37.4 Å². The number of fused-ring (bicyclic) bond motifs is 1. The van der Waals surface area contributed by atoms with E-state index in [1.165, 1.54) is 16.2 Å². The summed E-state index contributed by atoms with van der Waals surface area (Å²) in [6.45, 7) is 10.7. The predicted octanol–water partition coefficient (Wildman–Crippen LogP) is 3.37. The van der Waals surface area contributed by atoms with Crippen LogP contribution in [0.15, 0.2) is 29.4 Å². The lowest BCUT2D eigenvalue weighted by Crippen LogP contribution is -2.77. The number of thiazole rings is 1. The SMILES string of the molecule is C=PCc1nc(C(=NC(=C)C)C(=O)NC2C(=O)N3C(C(=O)C(=C)C)C(=S)CCC23)c(Cl)s1. The topological polar surface area (TPSA) is 91.7 Å². The van der Waals surface area contributed by atoms with Gasteiger partial charge in [-0.05, 0) is 32.3 Å². The molecular formula is C21H22ClN4O3PS2. The van der Waals surface area contributed by atoms with Crippen molar-refractivity contribution in [1.82, 2.24) is 15.2 Å². The molecule has 3 heterocycles.